The molecule has 6 heteroatoms. The zero-order valence-electron chi connectivity index (χ0n) is 11.8. The number of ether oxygens (including phenoxy) is 1. The van der Waals surface area contributed by atoms with Gasteiger partial charge in [0.25, 0.3) is 0 Å². The Morgan fingerprint density at radius 1 is 1.40 bits per heavy atom. The van der Waals surface area contributed by atoms with Gasteiger partial charge in [0.05, 0.1) is 19.0 Å². The molecule has 3 rings (SSSR count). The zero-order valence-corrected chi connectivity index (χ0v) is 11.8. The predicted octanol–water partition coefficient (Wildman–Crippen LogP) is 0.698. The van der Waals surface area contributed by atoms with Crippen molar-refractivity contribution in [2.75, 3.05) is 19.1 Å². The van der Waals surface area contributed by atoms with Crippen LogP contribution in [0.1, 0.15) is 19.3 Å². The lowest BCUT2D eigenvalue weighted by molar-refractivity contribution is -0.120. The van der Waals surface area contributed by atoms with E-state index >= 15 is 0 Å². The van der Waals surface area contributed by atoms with Crippen molar-refractivity contribution in [3.05, 3.63) is 18.3 Å². The number of methoxy groups -OCH3 is 1. The van der Waals surface area contributed by atoms with Gasteiger partial charge < -0.3 is 9.64 Å². The number of hydrazine groups is 1. The molecule has 2 aliphatic rings. The summed E-state index contributed by atoms with van der Waals surface area (Å²) in [6.45, 7) is 0. The summed E-state index contributed by atoms with van der Waals surface area (Å²) < 4.78 is 5.02. The molecule has 2 heterocycles. The van der Waals surface area contributed by atoms with Crippen molar-refractivity contribution in [2.45, 2.75) is 31.3 Å². The number of likely N-dealkylation sites (N-methyl/N-ethyl adjacent to an activating group) is 1. The minimum atomic E-state index is -0.160. The Labute approximate surface area is 118 Å². The first-order valence-corrected chi connectivity index (χ1v) is 6.97. The molecule has 0 bridgehead atoms. The average Bonchev–Trinajstić information content (AvgIpc) is 3.23. The summed E-state index contributed by atoms with van der Waals surface area (Å²) in [6, 6.07) is 3.87. The van der Waals surface area contributed by atoms with Crippen LogP contribution >= 0.6 is 0 Å². The third-order valence-corrected chi connectivity index (χ3v) is 4.07. The van der Waals surface area contributed by atoms with Crippen molar-refractivity contribution in [1.29, 1.82) is 0 Å². The second-order valence-corrected chi connectivity index (χ2v) is 5.48. The Hall–Kier alpha value is -1.66. The van der Waals surface area contributed by atoms with E-state index in [9.17, 15) is 4.79 Å². The number of carbonyl (C=O) groups is 1. The van der Waals surface area contributed by atoms with Crippen LogP contribution in [-0.2, 0) is 4.79 Å². The maximum atomic E-state index is 12.5. The number of pyridine rings is 1. The fraction of sp³-hybridized carbons (Fsp3) is 0.571. The lowest BCUT2D eigenvalue weighted by Crippen LogP contribution is -2.44. The van der Waals surface area contributed by atoms with Crippen molar-refractivity contribution in [2.24, 2.45) is 5.92 Å². The molecule has 0 radical (unpaired) electrons. The maximum absolute atomic E-state index is 12.5. The Morgan fingerprint density at radius 2 is 2.20 bits per heavy atom. The van der Waals surface area contributed by atoms with Gasteiger partial charge in [-0.1, -0.05) is 0 Å². The Kier molecular flexibility index (Phi) is 3.58. The molecule has 0 aromatic carbocycles. The topological polar surface area (TPSA) is 66.5 Å². The molecule has 1 aliphatic carbocycles. The molecule has 2 fully saturated rings. The number of aromatic nitrogens is 1. The van der Waals surface area contributed by atoms with Crippen molar-refractivity contribution < 1.29 is 9.53 Å². The molecule has 2 N–H and O–H groups in total. The van der Waals surface area contributed by atoms with E-state index < -0.39 is 0 Å². The lowest BCUT2D eigenvalue weighted by atomic mass is 10.1. The smallest absolute Gasteiger partial charge is 0.245 e. The number of rotatable bonds is 4. The van der Waals surface area contributed by atoms with E-state index in [0.29, 0.717) is 11.9 Å². The number of anilines is 1. The molecule has 6 nitrogen and oxygen atoms in total. The number of nitrogens with zero attached hydrogens (tertiary/aromatic N) is 2. The van der Waals surface area contributed by atoms with Gasteiger partial charge in [0.2, 0.25) is 11.8 Å². The third-order valence-electron chi connectivity index (χ3n) is 4.07. The van der Waals surface area contributed by atoms with Gasteiger partial charge in [-0.15, -0.1) is 0 Å². The summed E-state index contributed by atoms with van der Waals surface area (Å²) in [4.78, 5) is 18.2. The highest BCUT2D eigenvalue weighted by atomic mass is 16.5. The second kappa shape index (κ2) is 5.38. The SMILES string of the molecule is COc1ccc(N(C)C(=O)C2CC(C3CC3)NN2)cn1. The van der Waals surface area contributed by atoms with Crippen LogP contribution in [0.5, 0.6) is 5.88 Å². The quantitative estimate of drug-likeness (QED) is 0.847. The molecule has 2 unspecified atom stereocenters. The maximum Gasteiger partial charge on any atom is 0.245 e. The summed E-state index contributed by atoms with van der Waals surface area (Å²) in [7, 11) is 3.35. The van der Waals surface area contributed by atoms with Gasteiger partial charge in [-0.05, 0) is 31.2 Å². The van der Waals surface area contributed by atoms with Crippen molar-refractivity contribution in [3.8, 4) is 5.88 Å². The van der Waals surface area contributed by atoms with E-state index in [1.807, 2.05) is 6.07 Å². The molecule has 20 heavy (non-hydrogen) atoms. The van der Waals surface area contributed by atoms with Crippen LogP contribution in [0.4, 0.5) is 5.69 Å². The molecule has 1 amide bonds. The van der Waals surface area contributed by atoms with Gasteiger partial charge in [-0.25, -0.2) is 10.4 Å². The molecule has 1 aromatic rings. The van der Waals surface area contributed by atoms with E-state index in [1.165, 1.54) is 12.8 Å². The summed E-state index contributed by atoms with van der Waals surface area (Å²) >= 11 is 0. The van der Waals surface area contributed by atoms with Crippen molar-refractivity contribution >= 4 is 11.6 Å². The van der Waals surface area contributed by atoms with Crippen LogP contribution in [0, 0.1) is 5.92 Å². The van der Waals surface area contributed by atoms with Gasteiger partial charge in [-0.3, -0.25) is 10.2 Å². The Bertz CT molecular complexity index is 486. The molecule has 0 spiro atoms. The molecule has 2 atom stereocenters. The second-order valence-electron chi connectivity index (χ2n) is 5.48. The summed E-state index contributed by atoms with van der Waals surface area (Å²) in [6.07, 6.45) is 5.06. The predicted molar refractivity (Wildman–Crippen MR) is 75.4 cm³/mol. The molecular formula is C14H20N4O2. The van der Waals surface area contributed by atoms with Crippen molar-refractivity contribution in [3.63, 3.8) is 0 Å². The Morgan fingerprint density at radius 3 is 2.80 bits per heavy atom. The molecule has 1 aliphatic heterocycles. The first-order chi connectivity index (χ1) is 9.69. The number of hydrogen-bond donors (Lipinski definition) is 2. The lowest BCUT2D eigenvalue weighted by Gasteiger charge is -2.20. The number of nitrogens with one attached hydrogen (secondary N) is 2. The van der Waals surface area contributed by atoms with Gasteiger partial charge in [0.1, 0.15) is 6.04 Å². The first kappa shape index (κ1) is 13.3. The largest absolute Gasteiger partial charge is 0.481 e. The Balaban J connectivity index is 1.63. The molecular weight excluding hydrogens is 256 g/mol. The summed E-state index contributed by atoms with van der Waals surface area (Å²) in [5.74, 6) is 1.35. The van der Waals surface area contributed by atoms with Crippen LogP contribution < -0.4 is 20.5 Å². The monoisotopic (exact) mass is 276 g/mol. The van der Waals surface area contributed by atoms with Gasteiger partial charge in [-0.2, -0.15) is 0 Å². The molecule has 1 aromatic heterocycles. The van der Waals surface area contributed by atoms with E-state index in [0.717, 1.165) is 18.0 Å². The fourth-order valence-electron chi connectivity index (χ4n) is 2.60. The summed E-state index contributed by atoms with van der Waals surface area (Å²) in [5.41, 5.74) is 7.13. The summed E-state index contributed by atoms with van der Waals surface area (Å²) in [5, 5.41) is 0. The molecule has 1 saturated carbocycles. The van der Waals surface area contributed by atoms with Crippen molar-refractivity contribution in [1.82, 2.24) is 15.8 Å². The number of carbonyl (C=O) groups excluding carboxylic acids is 1. The van der Waals surface area contributed by atoms with Crippen LogP contribution in [-0.4, -0.2) is 37.1 Å². The highest BCUT2D eigenvalue weighted by Gasteiger charge is 2.39. The van der Waals surface area contributed by atoms with E-state index in [4.69, 9.17) is 4.74 Å². The minimum Gasteiger partial charge on any atom is -0.481 e. The standard InChI is InChI=1S/C14H20N4O2/c1-18(10-5-6-13(20-2)15-8-10)14(19)12-7-11(16-17-12)9-3-4-9/h5-6,8-9,11-12,16-17H,3-4,7H2,1-2H3. The van der Waals surface area contributed by atoms with Gasteiger partial charge >= 0.3 is 0 Å². The zero-order chi connectivity index (χ0) is 14.1. The first-order valence-electron chi connectivity index (χ1n) is 6.97. The third kappa shape index (κ3) is 2.62. The van der Waals surface area contributed by atoms with E-state index in [1.54, 1.807) is 31.3 Å². The van der Waals surface area contributed by atoms with E-state index in [-0.39, 0.29) is 11.9 Å². The normalized spacial score (nSPS) is 25.5. The van der Waals surface area contributed by atoms with Gasteiger partial charge in [0, 0.05) is 19.2 Å². The fourth-order valence-corrected chi connectivity index (χ4v) is 2.60. The van der Waals surface area contributed by atoms with Crippen LogP contribution in [0.3, 0.4) is 0 Å². The van der Waals surface area contributed by atoms with Gasteiger partial charge in [0.15, 0.2) is 0 Å². The minimum absolute atomic E-state index is 0.0626. The number of amides is 1. The highest BCUT2D eigenvalue weighted by Crippen LogP contribution is 2.35. The number of hydrogen-bond acceptors (Lipinski definition) is 5. The molecule has 1 saturated heterocycles. The van der Waals surface area contributed by atoms with Crippen LogP contribution in [0.15, 0.2) is 18.3 Å². The molecule has 108 valence electrons. The van der Waals surface area contributed by atoms with Crippen LogP contribution in [0.2, 0.25) is 0 Å². The average molecular weight is 276 g/mol. The van der Waals surface area contributed by atoms with E-state index in [2.05, 4.69) is 15.8 Å². The highest BCUT2D eigenvalue weighted by molar-refractivity contribution is 5.96. The van der Waals surface area contributed by atoms with Crippen LogP contribution in [0.25, 0.3) is 0 Å².